The Morgan fingerprint density at radius 3 is 2.51 bits per heavy atom. The maximum absolute atomic E-state index is 14.8. The van der Waals surface area contributed by atoms with E-state index in [2.05, 4.69) is 10.3 Å². The van der Waals surface area contributed by atoms with E-state index in [1.54, 1.807) is 25.4 Å². The van der Waals surface area contributed by atoms with Gasteiger partial charge in [0, 0.05) is 42.7 Å². The summed E-state index contributed by atoms with van der Waals surface area (Å²) >= 11 is 7.91. The van der Waals surface area contributed by atoms with Crippen molar-refractivity contribution in [3.05, 3.63) is 81.2 Å². The SMILES string of the molecule is CNC1CCC(N(Cc2cc(-c3ccnc(C(C)=O)c3)ccc2OC)C(=O)c2sc3c(F)ccc(C)c3c2Cl)CC1. The molecule has 1 fully saturated rings. The highest BCUT2D eigenvalue weighted by molar-refractivity contribution is 7.21. The maximum Gasteiger partial charge on any atom is 0.266 e. The molecule has 1 amide bonds. The molecule has 0 saturated heterocycles. The number of Topliss-reactive ketones (excluding diaryl/α,β-unsaturated/α-hetero) is 1. The minimum Gasteiger partial charge on any atom is -0.496 e. The smallest absolute Gasteiger partial charge is 0.266 e. The highest BCUT2D eigenvalue weighted by atomic mass is 35.5. The topological polar surface area (TPSA) is 71.5 Å². The Bertz CT molecular complexity index is 1610. The van der Waals surface area contributed by atoms with Crippen LogP contribution in [0.2, 0.25) is 5.02 Å². The molecule has 4 aromatic rings. The van der Waals surface area contributed by atoms with E-state index in [-0.39, 0.29) is 23.5 Å². The molecule has 1 N–H and O–H groups in total. The average Bonchev–Trinajstić information content (AvgIpc) is 3.35. The summed E-state index contributed by atoms with van der Waals surface area (Å²) in [6.45, 7) is 3.66. The number of methoxy groups -OCH3 is 1. The summed E-state index contributed by atoms with van der Waals surface area (Å²) in [6, 6.07) is 12.9. The van der Waals surface area contributed by atoms with Crippen LogP contribution in [0.1, 0.15) is 63.9 Å². The van der Waals surface area contributed by atoms with Gasteiger partial charge in [0.2, 0.25) is 0 Å². The maximum atomic E-state index is 14.8. The van der Waals surface area contributed by atoms with Crippen molar-refractivity contribution in [1.82, 2.24) is 15.2 Å². The Labute approximate surface area is 248 Å². The third kappa shape index (κ3) is 5.87. The molecule has 5 rings (SSSR count). The van der Waals surface area contributed by atoms with E-state index >= 15 is 0 Å². The van der Waals surface area contributed by atoms with Gasteiger partial charge >= 0.3 is 0 Å². The molecule has 2 heterocycles. The molecule has 9 heteroatoms. The predicted octanol–water partition coefficient (Wildman–Crippen LogP) is 7.45. The zero-order valence-corrected chi connectivity index (χ0v) is 25.2. The fourth-order valence-electron chi connectivity index (χ4n) is 5.67. The monoisotopic (exact) mass is 593 g/mol. The molecule has 0 atom stereocenters. The first-order chi connectivity index (χ1) is 19.7. The van der Waals surface area contributed by atoms with E-state index in [1.165, 1.54) is 13.0 Å². The number of aromatic nitrogens is 1. The van der Waals surface area contributed by atoms with Crippen LogP contribution < -0.4 is 10.1 Å². The van der Waals surface area contributed by atoms with E-state index in [0.717, 1.165) is 59.3 Å². The lowest BCUT2D eigenvalue weighted by atomic mass is 9.89. The second-order valence-electron chi connectivity index (χ2n) is 10.6. The molecule has 1 aliphatic carbocycles. The van der Waals surface area contributed by atoms with Crippen LogP contribution in [0.3, 0.4) is 0 Å². The molecule has 1 saturated carbocycles. The van der Waals surface area contributed by atoms with E-state index in [9.17, 15) is 14.0 Å². The lowest BCUT2D eigenvalue weighted by molar-refractivity contribution is 0.0604. The Morgan fingerprint density at radius 1 is 1.12 bits per heavy atom. The average molecular weight is 594 g/mol. The van der Waals surface area contributed by atoms with Crippen LogP contribution in [0.15, 0.2) is 48.7 Å². The van der Waals surface area contributed by atoms with Gasteiger partial charge in [-0.3, -0.25) is 14.6 Å². The van der Waals surface area contributed by atoms with Gasteiger partial charge in [-0.25, -0.2) is 4.39 Å². The third-order valence-corrected chi connectivity index (χ3v) is 9.69. The van der Waals surface area contributed by atoms with Crippen molar-refractivity contribution < 1.29 is 18.7 Å². The number of carbonyl (C=O) groups excluding carboxylic acids is 2. The van der Waals surface area contributed by atoms with Crippen LogP contribution in [0.4, 0.5) is 4.39 Å². The first-order valence-corrected chi connectivity index (χ1v) is 14.9. The molecule has 0 aliphatic heterocycles. The summed E-state index contributed by atoms with van der Waals surface area (Å²) in [5.74, 6) is -0.0468. The van der Waals surface area contributed by atoms with E-state index in [4.69, 9.17) is 16.3 Å². The van der Waals surface area contributed by atoms with Gasteiger partial charge in [-0.15, -0.1) is 11.3 Å². The number of ketones is 1. The summed E-state index contributed by atoms with van der Waals surface area (Å²) in [5.41, 5.74) is 3.78. The molecule has 0 bridgehead atoms. The van der Waals surface area contributed by atoms with Crippen LogP contribution in [0, 0.1) is 12.7 Å². The van der Waals surface area contributed by atoms with E-state index < -0.39 is 0 Å². The summed E-state index contributed by atoms with van der Waals surface area (Å²) in [5, 5.41) is 4.25. The highest BCUT2D eigenvalue weighted by Gasteiger charge is 2.32. The Hall–Kier alpha value is -3.33. The minimum absolute atomic E-state index is 0.0158. The standard InChI is InChI=1S/C32H33ClFN3O3S/c1-18-5-11-25(34)30-28(18)29(33)31(41-30)32(39)37(24-9-7-23(35-3)8-10-24)17-22-15-20(6-12-27(22)40-4)21-13-14-36-26(16-21)19(2)38/h5-6,11-16,23-24,35H,7-10,17H2,1-4H3. The third-order valence-electron chi connectivity index (χ3n) is 8.02. The Balaban J connectivity index is 1.56. The van der Waals surface area contributed by atoms with Crippen molar-refractivity contribution >= 4 is 44.7 Å². The molecule has 41 heavy (non-hydrogen) atoms. The quantitative estimate of drug-likeness (QED) is 0.215. The van der Waals surface area contributed by atoms with Gasteiger partial charge < -0.3 is 15.0 Å². The second kappa shape index (κ2) is 12.3. The summed E-state index contributed by atoms with van der Waals surface area (Å²) in [6.07, 6.45) is 5.18. The van der Waals surface area contributed by atoms with Crippen LogP contribution >= 0.6 is 22.9 Å². The molecular weight excluding hydrogens is 561 g/mol. The first-order valence-electron chi connectivity index (χ1n) is 13.7. The van der Waals surface area contributed by atoms with Gasteiger partial charge in [-0.2, -0.15) is 0 Å². The minimum atomic E-state index is -0.380. The number of hydrogen-bond acceptors (Lipinski definition) is 6. The molecule has 2 aromatic heterocycles. The summed E-state index contributed by atoms with van der Waals surface area (Å²) in [7, 11) is 3.58. The predicted molar refractivity (Wildman–Crippen MR) is 163 cm³/mol. The molecular formula is C32H33ClFN3O3S. The van der Waals surface area contributed by atoms with E-state index in [0.29, 0.717) is 44.0 Å². The fraction of sp³-hybridized carbons (Fsp3) is 0.344. The van der Waals surface area contributed by atoms with Crippen molar-refractivity contribution in [2.45, 2.75) is 58.2 Å². The molecule has 2 aromatic carbocycles. The van der Waals surface area contributed by atoms with Gasteiger partial charge in [0.15, 0.2) is 5.78 Å². The van der Waals surface area contributed by atoms with Crippen molar-refractivity contribution in [2.75, 3.05) is 14.2 Å². The van der Waals surface area contributed by atoms with Crippen LogP contribution in [-0.2, 0) is 6.54 Å². The zero-order chi connectivity index (χ0) is 29.3. The molecule has 1 aliphatic rings. The Kier molecular flexibility index (Phi) is 8.73. The van der Waals surface area contributed by atoms with Crippen LogP contribution in [0.25, 0.3) is 21.2 Å². The second-order valence-corrected chi connectivity index (χ2v) is 12.0. The number of ether oxygens (including phenoxy) is 1. The van der Waals surface area contributed by atoms with Gasteiger partial charge in [0.05, 0.1) is 16.8 Å². The number of amides is 1. The number of pyridine rings is 1. The number of rotatable bonds is 8. The summed E-state index contributed by atoms with van der Waals surface area (Å²) in [4.78, 5) is 32.7. The number of thiophene rings is 1. The molecule has 0 spiro atoms. The molecule has 214 valence electrons. The molecule has 0 radical (unpaired) electrons. The highest BCUT2D eigenvalue weighted by Crippen LogP contribution is 2.41. The largest absolute Gasteiger partial charge is 0.496 e. The zero-order valence-electron chi connectivity index (χ0n) is 23.6. The first kappa shape index (κ1) is 29.2. The number of aryl methyl sites for hydroxylation is 1. The molecule has 6 nitrogen and oxygen atoms in total. The fourth-order valence-corrected chi connectivity index (χ4v) is 7.29. The number of nitrogens with zero attached hydrogens (tertiary/aromatic N) is 2. The van der Waals surface area contributed by atoms with Gasteiger partial charge in [-0.1, -0.05) is 23.7 Å². The van der Waals surface area contributed by atoms with Crippen molar-refractivity contribution in [1.29, 1.82) is 0 Å². The van der Waals surface area contributed by atoms with E-state index in [1.807, 2.05) is 43.1 Å². The number of nitrogens with one attached hydrogen (secondary N) is 1. The van der Waals surface area contributed by atoms with Crippen molar-refractivity contribution in [2.24, 2.45) is 0 Å². The number of benzene rings is 2. The normalized spacial score (nSPS) is 17.0. The lowest BCUT2D eigenvalue weighted by Gasteiger charge is -2.37. The van der Waals surface area contributed by atoms with Crippen molar-refractivity contribution in [3.63, 3.8) is 0 Å². The van der Waals surface area contributed by atoms with Crippen molar-refractivity contribution in [3.8, 4) is 16.9 Å². The van der Waals surface area contributed by atoms with Gasteiger partial charge in [0.1, 0.15) is 22.1 Å². The van der Waals surface area contributed by atoms with Crippen LogP contribution in [0.5, 0.6) is 5.75 Å². The van der Waals surface area contributed by atoms with Gasteiger partial charge in [-0.05, 0) is 86.7 Å². The van der Waals surface area contributed by atoms with Gasteiger partial charge in [0.25, 0.3) is 5.91 Å². The number of halogens is 2. The Morgan fingerprint density at radius 2 is 1.85 bits per heavy atom. The lowest BCUT2D eigenvalue weighted by Crippen LogP contribution is -2.44. The number of hydrogen-bond donors (Lipinski definition) is 1. The summed E-state index contributed by atoms with van der Waals surface area (Å²) < 4.78 is 20.9. The number of fused-ring (bicyclic) bond motifs is 1. The number of carbonyl (C=O) groups is 2. The van der Waals surface area contributed by atoms with Crippen LogP contribution in [-0.4, -0.2) is 47.8 Å². The molecule has 0 unspecified atom stereocenters.